The van der Waals surface area contributed by atoms with E-state index >= 15 is 0 Å². The summed E-state index contributed by atoms with van der Waals surface area (Å²) in [5, 5.41) is 3.12. The normalized spacial score (nSPS) is 10.1. The average molecular weight is 336 g/mol. The van der Waals surface area contributed by atoms with Crippen LogP contribution in [0.25, 0.3) is 0 Å². The number of primary amides is 1. The second-order valence-electron chi connectivity index (χ2n) is 4.17. The van der Waals surface area contributed by atoms with Crippen LogP contribution in [0.2, 0.25) is 0 Å². The molecule has 0 aliphatic carbocycles. The van der Waals surface area contributed by atoms with Gasteiger partial charge in [0.2, 0.25) is 0 Å². The molecule has 2 aromatic rings. The molecule has 0 spiro atoms. The van der Waals surface area contributed by atoms with Crippen molar-refractivity contribution in [2.24, 2.45) is 5.73 Å². The third-order valence-corrected chi connectivity index (χ3v) is 3.15. The van der Waals surface area contributed by atoms with E-state index in [9.17, 15) is 4.79 Å². The Labute approximate surface area is 125 Å². The van der Waals surface area contributed by atoms with Crippen molar-refractivity contribution in [3.05, 3.63) is 46.4 Å². The second-order valence-corrected chi connectivity index (χ2v) is 5.09. The summed E-state index contributed by atoms with van der Waals surface area (Å²) in [6, 6.07) is 10.4. The van der Waals surface area contributed by atoms with Crippen LogP contribution in [0.4, 0.5) is 17.1 Å². The number of rotatable bonds is 4. The molecule has 0 fully saturated rings. The molecule has 0 radical (unpaired) electrons. The number of nitrogen functional groups attached to an aromatic ring is 1. The molecular formula is C14H14BrN3O2. The Balaban J connectivity index is 2.41. The first-order valence-corrected chi connectivity index (χ1v) is 6.60. The molecule has 0 bridgehead atoms. The highest BCUT2D eigenvalue weighted by atomic mass is 79.9. The van der Waals surface area contributed by atoms with Gasteiger partial charge in [-0.05, 0) is 30.3 Å². The zero-order valence-electron chi connectivity index (χ0n) is 10.8. The maximum atomic E-state index is 11.4. The molecule has 0 saturated heterocycles. The van der Waals surface area contributed by atoms with Gasteiger partial charge in [0.15, 0.2) is 0 Å². The van der Waals surface area contributed by atoms with E-state index in [4.69, 9.17) is 16.2 Å². The number of benzene rings is 2. The van der Waals surface area contributed by atoms with Crippen LogP contribution in [0.1, 0.15) is 10.4 Å². The number of carbonyl (C=O) groups excluding carboxylic acids is 1. The first-order chi connectivity index (χ1) is 9.49. The van der Waals surface area contributed by atoms with E-state index in [1.807, 2.05) is 12.1 Å². The number of hydrogen-bond acceptors (Lipinski definition) is 4. The maximum Gasteiger partial charge on any atom is 0.250 e. The van der Waals surface area contributed by atoms with Crippen molar-refractivity contribution in [2.45, 2.75) is 0 Å². The van der Waals surface area contributed by atoms with Gasteiger partial charge in [-0.2, -0.15) is 0 Å². The first-order valence-electron chi connectivity index (χ1n) is 5.80. The molecule has 0 saturated carbocycles. The van der Waals surface area contributed by atoms with Gasteiger partial charge in [0.1, 0.15) is 5.75 Å². The molecular weight excluding hydrogens is 322 g/mol. The van der Waals surface area contributed by atoms with Crippen molar-refractivity contribution < 1.29 is 9.53 Å². The van der Waals surface area contributed by atoms with Crippen LogP contribution in [-0.2, 0) is 0 Å². The predicted octanol–water partition coefficient (Wildman–Crippen LogP) is 2.88. The van der Waals surface area contributed by atoms with Crippen molar-refractivity contribution in [3.8, 4) is 5.75 Å². The topological polar surface area (TPSA) is 90.4 Å². The minimum absolute atomic E-state index is 0.373. The number of ether oxygens (including phenoxy) is 1. The van der Waals surface area contributed by atoms with Crippen molar-refractivity contribution in [1.29, 1.82) is 0 Å². The lowest BCUT2D eigenvalue weighted by atomic mass is 10.1. The van der Waals surface area contributed by atoms with Crippen LogP contribution in [0.5, 0.6) is 5.75 Å². The van der Waals surface area contributed by atoms with E-state index in [0.29, 0.717) is 22.7 Å². The number of amides is 1. The lowest BCUT2D eigenvalue weighted by molar-refractivity contribution is 0.100. The molecule has 20 heavy (non-hydrogen) atoms. The Bertz CT molecular complexity index is 659. The van der Waals surface area contributed by atoms with Gasteiger partial charge in [0, 0.05) is 21.9 Å². The van der Waals surface area contributed by atoms with Crippen LogP contribution in [0, 0.1) is 0 Å². The largest absolute Gasteiger partial charge is 0.497 e. The highest BCUT2D eigenvalue weighted by molar-refractivity contribution is 9.10. The van der Waals surface area contributed by atoms with Crippen LogP contribution in [0.3, 0.4) is 0 Å². The molecule has 0 heterocycles. The van der Waals surface area contributed by atoms with Crippen molar-refractivity contribution in [1.82, 2.24) is 0 Å². The summed E-state index contributed by atoms with van der Waals surface area (Å²) in [5.41, 5.74) is 13.3. The summed E-state index contributed by atoms with van der Waals surface area (Å²) in [6.07, 6.45) is 0. The Morgan fingerprint density at radius 1 is 1.25 bits per heavy atom. The SMILES string of the molecule is COc1cc(Br)cc(Nc2cc(N)ccc2C(N)=O)c1. The fourth-order valence-electron chi connectivity index (χ4n) is 1.79. The molecule has 6 heteroatoms. The second kappa shape index (κ2) is 5.83. The highest BCUT2D eigenvalue weighted by Crippen LogP contribution is 2.29. The summed E-state index contributed by atoms with van der Waals surface area (Å²) in [4.78, 5) is 11.4. The molecule has 0 aromatic heterocycles. The van der Waals surface area contributed by atoms with Gasteiger partial charge in [-0.15, -0.1) is 0 Å². The van der Waals surface area contributed by atoms with Crippen LogP contribution in [0.15, 0.2) is 40.9 Å². The van der Waals surface area contributed by atoms with Crippen molar-refractivity contribution in [2.75, 3.05) is 18.2 Å². The van der Waals surface area contributed by atoms with Gasteiger partial charge < -0.3 is 21.5 Å². The van der Waals surface area contributed by atoms with Gasteiger partial charge in [-0.1, -0.05) is 15.9 Å². The van der Waals surface area contributed by atoms with E-state index in [1.54, 1.807) is 31.4 Å². The molecule has 0 aliphatic heterocycles. The lowest BCUT2D eigenvalue weighted by Gasteiger charge is -2.12. The Morgan fingerprint density at radius 2 is 2.00 bits per heavy atom. The van der Waals surface area contributed by atoms with Crippen molar-refractivity contribution >= 4 is 38.9 Å². The lowest BCUT2D eigenvalue weighted by Crippen LogP contribution is -2.13. The van der Waals surface area contributed by atoms with Crippen LogP contribution in [-0.4, -0.2) is 13.0 Å². The third-order valence-electron chi connectivity index (χ3n) is 2.70. The Kier molecular flexibility index (Phi) is 4.14. The number of nitrogens with one attached hydrogen (secondary N) is 1. The van der Waals surface area contributed by atoms with E-state index in [-0.39, 0.29) is 0 Å². The number of nitrogens with two attached hydrogens (primary N) is 2. The number of halogens is 1. The highest BCUT2D eigenvalue weighted by Gasteiger charge is 2.09. The molecule has 2 aromatic carbocycles. The van der Waals surface area contributed by atoms with Gasteiger partial charge in [0.05, 0.1) is 18.4 Å². The van der Waals surface area contributed by atoms with Gasteiger partial charge >= 0.3 is 0 Å². The van der Waals surface area contributed by atoms with Gasteiger partial charge in [0.25, 0.3) is 5.91 Å². The van der Waals surface area contributed by atoms with E-state index < -0.39 is 5.91 Å². The molecule has 5 N–H and O–H groups in total. The van der Waals surface area contributed by atoms with Crippen molar-refractivity contribution in [3.63, 3.8) is 0 Å². The number of methoxy groups -OCH3 is 1. The standard InChI is InChI=1S/C14H14BrN3O2/c1-20-11-5-8(15)4-10(7-11)18-13-6-9(16)2-3-12(13)14(17)19/h2-7,18H,16H2,1H3,(H2,17,19). The third kappa shape index (κ3) is 3.21. The van der Waals surface area contributed by atoms with E-state index in [1.165, 1.54) is 0 Å². The molecule has 5 nitrogen and oxygen atoms in total. The molecule has 0 unspecified atom stereocenters. The average Bonchev–Trinajstić information content (AvgIpc) is 2.37. The quantitative estimate of drug-likeness (QED) is 0.749. The van der Waals surface area contributed by atoms with Crippen LogP contribution >= 0.6 is 15.9 Å². The predicted molar refractivity (Wildman–Crippen MR) is 83.3 cm³/mol. The Morgan fingerprint density at radius 3 is 2.65 bits per heavy atom. The van der Waals surface area contributed by atoms with Crippen LogP contribution < -0.4 is 21.5 Å². The molecule has 1 amide bonds. The fourth-order valence-corrected chi connectivity index (χ4v) is 2.26. The minimum atomic E-state index is -0.519. The van der Waals surface area contributed by atoms with E-state index in [0.717, 1.165) is 10.2 Å². The summed E-state index contributed by atoms with van der Waals surface area (Å²) in [7, 11) is 1.58. The first kappa shape index (κ1) is 14.2. The summed E-state index contributed by atoms with van der Waals surface area (Å²) < 4.78 is 6.04. The number of carbonyl (C=O) groups is 1. The summed E-state index contributed by atoms with van der Waals surface area (Å²) in [6.45, 7) is 0. The van der Waals surface area contributed by atoms with Gasteiger partial charge in [-0.3, -0.25) is 4.79 Å². The molecule has 2 rings (SSSR count). The minimum Gasteiger partial charge on any atom is -0.497 e. The molecule has 0 aliphatic rings. The van der Waals surface area contributed by atoms with Gasteiger partial charge in [-0.25, -0.2) is 0 Å². The van der Waals surface area contributed by atoms with E-state index in [2.05, 4.69) is 21.2 Å². The monoisotopic (exact) mass is 335 g/mol. The fraction of sp³-hybridized carbons (Fsp3) is 0.0714. The zero-order valence-corrected chi connectivity index (χ0v) is 12.4. The molecule has 0 atom stereocenters. The summed E-state index contributed by atoms with van der Waals surface area (Å²) in [5.74, 6) is 0.167. The maximum absolute atomic E-state index is 11.4. The Hall–Kier alpha value is -2.21. The number of anilines is 3. The number of hydrogen-bond donors (Lipinski definition) is 3. The molecule has 104 valence electrons. The zero-order chi connectivity index (χ0) is 14.7. The smallest absolute Gasteiger partial charge is 0.250 e. The summed E-state index contributed by atoms with van der Waals surface area (Å²) >= 11 is 3.39.